The Bertz CT molecular complexity index is 1690. The van der Waals surface area contributed by atoms with Crippen LogP contribution in [0.25, 0.3) is 0 Å². The minimum Gasteiger partial charge on any atom is -0.462 e. The van der Waals surface area contributed by atoms with Crippen LogP contribution in [0.5, 0.6) is 0 Å². The number of rotatable bonds is 62. The topological polar surface area (TPSA) is 78.9 Å². The van der Waals surface area contributed by atoms with Crippen LogP contribution < -0.4 is 0 Å². The molecule has 82 heavy (non-hydrogen) atoms. The van der Waals surface area contributed by atoms with Gasteiger partial charge in [0, 0.05) is 19.3 Å². The third-order valence-electron chi connectivity index (χ3n) is 14.7. The Hall–Kier alpha value is -4.19. The van der Waals surface area contributed by atoms with Crippen molar-refractivity contribution < 1.29 is 28.6 Å². The normalized spacial score (nSPS) is 12.9. The molecule has 0 saturated carbocycles. The number of hydrogen-bond acceptors (Lipinski definition) is 6. The van der Waals surface area contributed by atoms with Gasteiger partial charge >= 0.3 is 17.9 Å². The third-order valence-corrected chi connectivity index (χ3v) is 14.7. The first-order valence-corrected chi connectivity index (χ1v) is 34.5. The van der Waals surface area contributed by atoms with E-state index in [-0.39, 0.29) is 31.1 Å². The zero-order chi connectivity index (χ0) is 59.2. The van der Waals surface area contributed by atoms with Crippen molar-refractivity contribution >= 4 is 17.9 Å². The molecule has 0 spiro atoms. The Labute approximate surface area is 507 Å². The predicted octanol–water partition coefficient (Wildman–Crippen LogP) is 23.9. The van der Waals surface area contributed by atoms with Crippen molar-refractivity contribution in [1.82, 2.24) is 0 Å². The standard InChI is InChI=1S/C76H128O6/c1-4-7-10-13-16-19-22-25-28-31-33-34-35-36-37-38-39-40-41-42-44-45-48-51-54-57-60-63-66-69-75(78)81-72-73(71-80-74(77)68-65-62-59-56-53-50-47-30-27-24-21-18-15-12-9-6-3)82-76(79)70-67-64-61-58-55-52-49-46-43-32-29-26-23-20-17-14-11-8-5-2/h7-8,10-11,16-17,19-20,25-26,28-30,33-34,36-37,43,46-47,73H,4-6,9,12-15,18,21-24,27,31-32,35,38-42,44-45,48-72H2,1-3H3/b10-7-,11-8-,19-16-,20-17-,28-25-,29-26-,34-33-,37-36-,46-43-,47-30-. The molecule has 468 valence electrons. The van der Waals surface area contributed by atoms with Crippen LogP contribution in [-0.2, 0) is 28.6 Å². The molecule has 0 heterocycles. The summed E-state index contributed by atoms with van der Waals surface area (Å²) in [5, 5.41) is 0. The summed E-state index contributed by atoms with van der Waals surface area (Å²) in [6.45, 7) is 6.42. The molecule has 0 aromatic carbocycles. The first-order chi connectivity index (χ1) is 40.5. The fraction of sp³-hybridized carbons (Fsp3) is 0.697. The molecular formula is C76H128O6. The summed E-state index contributed by atoms with van der Waals surface area (Å²) in [5.74, 6) is -0.901. The Balaban J connectivity index is 4.34. The van der Waals surface area contributed by atoms with E-state index in [1.165, 1.54) is 148 Å². The highest BCUT2D eigenvalue weighted by Gasteiger charge is 2.19. The Morgan fingerprint density at radius 1 is 0.256 bits per heavy atom. The summed E-state index contributed by atoms with van der Waals surface area (Å²) in [5.41, 5.74) is 0. The van der Waals surface area contributed by atoms with E-state index in [1.807, 2.05) is 0 Å². The molecule has 0 bridgehead atoms. The Morgan fingerprint density at radius 3 is 0.756 bits per heavy atom. The average molecular weight is 1140 g/mol. The van der Waals surface area contributed by atoms with Crippen molar-refractivity contribution in [3.63, 3.8) is 0 Å². The molecule has 0 rings (SSSR count). The quantitative estimate of drug-likeness (QED) is 0.0261. The number of carbonyl (C=O) groups excluding carboxylic acids is 3. The highest BCUT2D eigenvalue weighted by Crippen LogP contribution is 2.16. The second-order valence-corrected chi connectivity index (χ2v) is 22.7. The minimum atomic E-state index is -0.794. The summed E-state index contributed by atoms with van der Waals surface area (Å²) >= 11 is 0. The number of hydrogen-bond donors (Lipinski definition) is 0. The van der Waals surface area contributed by atoms with Gasteiger partial charge in [0.15, 0.2) is 6.10 Å². The van der Waals surface area contributed by atoms with Gasteiger partial charge in [-0.25, -0.2) is 0 Å². The molecule has 0 aromatic heterocycles. The van der Waals surface area contributed by atoms with Gasteiger partial charge in [0.05, 0.1) is 0 Å². The van der Waals surface area contributed by atoms with Crippen LogP contribution >= 0.6 is 0 Å². The first kappa shape index (κ1) is 77.8. The van der Waals surface area contributed by atoms with Gasteiger partial charge in [-0.3, -0.25) is 14.4 Å². The van der Waals surface area contributed by atoms with Gasteiger partial charge < -0.3 is 14.2 Å². The van der Waals surface area contributed by atoms with Gasteiger partial charge in [-0.1, -0.05) is 296 Å². The SMILES string of the molecule is CC/C=C\C/C=C\C/C=C\C/C=C\C/C=C\CCCCCCCCCCCCCCCC(=O)OCC(COC(=O)CCCCCCC/C=C\CCCCCCCCC)OC(=O)CCCCCCCC/C=C\C/C=C\C/C=C\C/C=C\CC. The summed E-state index contributed by atoms with van der Waals surface area (Å²) in [6, 6.07) is 0. The first-order valence-electron chi connectivity index (χ1n) is 34.5. The Morgan fingerprint density at radius 2 is 0.476 bits per heavy atom. The molecule has 0 aliphatic carbocycles. The van der Waals surface area contributed by atoms with Crippen LogP contribution in [0.15, 0.2) is 122 Å². The molecule has 6 heteroatoms. The smallest absolute Gasteiger partial charge is 0.306 e. The third kappa shape index (κ3) is 66.6. The predicted molar refractivity (Wildman–Crippen MR) is 357 cm³/mol. The van der Waals surface area contributed by atoms with Gasteiger partial charge in [-0.05, 0) is 128 Å². The second-order valence-electron chi connectivity index (χ2n) is 22.7. The molecule has 0 aliphatic rings. The fourth-order valence-corrected chi connectivity index (χ4v) is 9.57. The summed E-state index contributed by atoms with van der Waals surface area (Å²) in [6.07, 6.45) is 96.4. The number of ether oxygens (including phenoxy) is 3. The summed E-state index contributed by atoms with van der Waals surface area (Å²) in [7, 11) is 0. The van der Waals surface area contributed by atoms with Crippen molar-refractivity contribution in [1.29, 1.82) is 0 Å². The van der Waals surface area contributed by atoms with Crippen LogP contribution in [-0.4, -0.2) is 37.2 Å². The van der Waals surface area contributed by atoms with Crippen molar-refractivity contribution in [2.45, 2.75) is 329 Å². The van der Waals surface area contributed by atoms with Crippen LogP contribution in [0.4, 0.5) is 0 Å². The van der Waals surface area contributed by atoms with E-state index < -0.39 is 6.10 Å². The summed E-state index contributed by atoms with van der Waals surface area (Å²) in [4.78, 5) is 38.4. The number of carbonyl (C=O) groups is 3. The monoisotopic (exact) mass is 1140 g/mol. The molecule has 0 amide bonds. The van der Waals surface area contributed by atoms with Crippen molar-refractivity contribution in [2.24, 2.45) is 0 Å². The molecule has 0 fully saturated rings. The molecule has 0 saturated heterocycles. The lowest BCUT2D eigenvalue weighted by Gasteiger charge is -2.18. The summed E-state index contributed by atoms with van der Waals surface area (Å²) < 4.78 is 17.0. The maximum atomic E-state index is 12.9. The molecular weight excluding hydrogens is 1010 g/mol. The fourth-order valence-electron chi connectivity index (χ4n) is 9.57. The number of unbranched alkanes of at least 4 members (excludes halogenated alkanes) is 31. The van der Waals surface area contributed by atoms with Crippen LogP contribution in [0.2, 0.25) is 0 Å². The van der Waals surface area contributed by atoms with E-state index in [0.29, 0.717) is 19.3 Å². The maximum Gasteiger partial charge on any atom is 0.306 e. The minimum absolute atomic E-state index is 0.0876. The zero-order valence-electron chi connectivity index (χ0n) is 53.7. The zero-order valence-corrected chi connectivity index (χ0v) is 53.7. The van der Waals surface area contributed by atoms with E-state index in [0.717, 1.165) is 135 Å². The molecule has 1 atom stereocenters. The lowest BCUT2D eigenvalue weighted by molar-refractivity contribution is -0.167. The molecule has 0 N–H and O–H groups in total. The van der Waals surface area contributed by atoms with Gasteiger partial charge in [0.2, 0.25) is 0 Å². The largest absolute Gasteiger partial charge is 0.462 e. The lowest BCUT2D eigenvalue weighted by Crippen LogP contribution is -2.30. The van der Waals surface area contributed by atoms with E-state index in [9.17, 15) is 14.4 Å². The van der Waals surface area contributed by atoms with E-state index in [2.05, 4.69) is 142 Å². The van der Waals surface area contributed by atoms with Crippen molar-refractivity contribution in [3.05, 3.63) is 122 Å². The molecule has 0 aromatic rings. The van der Waals surface area contributed by atoms with Crippen LogP contribution in [0, 0.1) is 0 Å². The maximum absolute atomic E-state index is 12.9. The van der Waals surface area contributed by atoms with Gasteiger partial charge in [-0.2, -0.15) is 0 Å². The van der Waals surface area contributed by atoms with E-state index in [4.69, 9.17) is 14.2 Å². The van der Waals surface area contributed by atoms with Crippen LogP contribution in [0.1, 0.15) is 323 Å². The molecule has 1 unspecified atom stereocenters. The lowest BCUT2D eigenvalue weighted by atomic mass is 10.0. The number of esters is 3. The van der Waals surface area contributed by atoms with Crippen LogP contribution in [0.3, 0.4) is 0 Å². The molecule has 6 nitrogen and oxygen atoms in total. The number of allylic oxidation sites excluding steroid dienone is 20. The van der Waals surface area contributed by atoms with E-state index in [1.54, 1.807) is 0 Å². The molecule has 0 aliphatic heterocycles. The molecule has 0 radical (unpaired) electrons. The Kier molecular flexibility index (Phi) is 65.8. The van der Waals surface area contributed by atoms with Gasteiger partial charge in [0.1, 0.15) is 13.2 Å². The highest BCUT2D eigenvalue weighted by atomic mass is 16.6. The second kappa shape index (κ2) is 69.3. The van der Waals surface area contributed by atoms with E-state index >= 15 is 0 Å². The highest BCUT2D eigenvalue weighted by molar-refractivity contribution is 5.71. The van der Waals surface area contributed by atoms with Crippen molar-refractivity contribution in [3.8, 4) is 0 Å². The van der Waals surface area contributed by atoms with Crippen molar-refractivity contribution in [2.75, 3.05) is 13.2 Å². The van der Waals surface area contributed by atoms with Gasteiger partial charge in [-0.15, -0.1) is 0 Å². The van der Waals surface area contributed by atoms with Gasteiger partial charge in [0.25, 0.3) is 0 Å². The average Bonchev–Trinajstić information content (AvgIpc) is 3.47.